The lowest BCUT2D eigenvalue weighted by Gasteiger charge is -2.09. The Morgan fingerprint density at radius 1 is 1.00 bits per heavy atom. The quantitative estimate of drug-likeness (QED) is 0.658. The highest BCUT2D eigenvalue weighted by molar-refractivity contribution is 8.18. The van der Waals surface area contributed by atoms with Crippen molar-refractivity contribution < 1.29 is 4.79 Å². The third kappa shape index (κ3) is 3.59. The summed E-state index contributed by atoms with van der Waals surface area (Å²) in [4.78, 5) is 17.5. The normalized spacial score (nSPS) is 16.9. The number of aliphatic imine (C=N–C) groups is 1. The molecule has 5 heteroatoms. The third-order valence-electron chi connectivity index (χ3n) is 4.41. The Morgan fingerprint density at radius 3 is 2.37 bits per heavy atom. The highest BCUT2D eigenvalue weighted by Gasteiger charge is 2.24. The predicted molar refractivity (Wildman–Crippen MR) is 112 cm³/mol. The first-order valence-corrected chi connectivity index (χ1v) is 9.52. The van der Waals surface area contributed by atoms with Gasteiger partial charge in [0.25, 0.3) is 5.91 Å². The van der Waals surface area contributed by atoms with Crippen molar-refractivity contribution in [1.82, 2.24) is 9.88 Å². The van der Waals surface area contributed by atoms with Gasteiger partial charge in [0.15, 0.2) is 5.17 Å². The van der Waals surface area contributed by atoms with E-state index in [1.807, 2.05) is 54.6 Å². The third-order valence-corrected chi connectivity index (χ3v) is 5.32. The number of hydrogen-bond acceptors (Lipinski definition) is 3. The number of nitrogens with one attached hydrogen (secondary N) is 1. The van der Waals surface area contributed by atoms with Crippen LogP contribution in [0.25, 0.3) is 11.8 Å². The first-order chi connectivity index (χ1) is 13.1. The molecule has 1 aliphatic rings. The van der Waals surface area contributed by atoms with E-state index in [0.717, 1.165) is 28.3 Å². The highest BCUT2D eigenvalue weighted by Crippen LogP contribution is 2.30. The van der Waals surface area contributed by atoms with Crippen LogP contribution >= 0.6 is 11.8 Å². The average molecular weight is 373 g/mol. The molecule has 1 saturated heterocycles. The summed E-state index contributed by atoms with van der Waals surface area (Å²) in [7, 11) is 0. The van der Waals surface area contributed by atoms with Crippen LogP contribution in [0.1, 0.15) is 17.0 Å². The number of benzene rings is 2. The second kappa shape index (κ2) is 7.29. The van der Waals surface area contributed by atoms with Crippen molar-refractivity contribution in [3.63, 3.8) is 0 Å². The van der Waals surface area contributed by atoms with Crippen molar-refractivity contribution in [3.8, 4) is 5.69 Å². The van der Waals surface area contributed by atoms with E-state index in [0.29, 0.717) is 10.1 Å². The van der Waals surface area contributed by atoms with Crippen molar-refractivity contribution in [2.45, 2.75) is 13.8 Å². The largest absolute Gasteiger partial charge is 0.318 e. The van der Waals surface area contributed by atoms with Crippen LogP contribution in [0.3, 0.4) is 0 Å². The standard InChI is InChI=1S/C22H19N3OS/c1-15-13-17(16(2)25(15)19-11-7-4-8-12-19)14-20-21(26)24-22(27-20)23-18-9-5-3-6-10-18/h3-14H,1-2H3,(H,23,24,26)/b20-14+. The molecule has 0 spiro atoms. The molecule has 27 heavy (non-hydrogen) atoms. The lowest BCUT2D eigenvalue weighted by molar-refractivity contribution is -0.115. The first-order valence-electron chi connectivity index (χ1n) is 8.71. The van der Waals surface area contributed by atoms with Crippen molar-refractivity contribution in [2.24, 2.45) is 4.99 Å². The lowest BCUT2D eigenvalue weighted by atomic mass is 10.2. The Kier molecular flexibility index (Phi) is 4.69. The zero-order valence-electron chi connectivity index (χ0n) is 15.1. The monoisotopic (exact) mass is 373 g/mol. The maximum absolute atomic E-state index is 12.4. The Bertz CT molecular complexity index is 1050. The van der Waals surface area contributed by atoms with Gasteiger partial charge in [0.1, 0.15) is 0 Å². The van der Waals surface area contributed by atoms with Crippen LogP contribution in [0, 0.1) is 13.8 Å². The second-order valence-electron chi connectivity index (χ2n) is 6.31. The van der Waals surface area contributed by atoms with Gasteiger partial charge in [0, 0.05) is 17.1 Å². The first kappa shape index (κ1) is 17.4. The van der Waals surface area contributed by atoms with Crippen molar-refractivity contribution in [3.05, 3.63) is 88.6 Å². The minimum atomic E-state index is -0.112. The molecule has 1 fully saturated rings. The molecular weight excluding hydrogens is 354 g/mol. The van der Waals surface area contributed by atoms with Gasteiger partial charge < -0.3 is 9.88 Å². The minimum Gasteiger partial charge on any atom is -0.318 e. The molecule has 4 rings (SSSR count). The van der Waals surface area contributed by atoms with E-state index in [9.17, 15) is 4.79 Å². The zero-order chi connectivity index (χ0) is 18.8. The van der Waals surface area contributed by atoms with Gasteiger partial charge in [0.2, 0.25) is 0 Å². The second-order valence-corrected chi connectivity index (χ2v) is 7.35. The molecule has 1 aromatic heterocycles. The van der Waals surface area contributed by atoms with Gasteiger partial charge in [-0.1, -0.05) is 36.4 Å². The molecule has 2 heterocycles. The Morgan fingerprint density at radius 2 is 1.67 bits per heavy atom. The van der Waals surface area contributed by atoms with Crippen LogP contribution in [0.4, 0.5) is 5.69 Å². The van der Waals surface area contributed by atoms with E-state index in [1.54, 1.807) is 0 Å². The topological polar surface area (TPSA) is 46.4 Å². The van der Waals surface area contributed by atoms with E-state index in [4.69, 9.17) is 0 Å². The van der Waals surface area contributed by atoms with E-state index in [2.05, 4.69) is 46.9 Å². The molecule has 1 amide bonds. The summed E-state index contributed by atoms with van der Waals surface area (Å²) in [5, 5.41) is 3.45. The molecule has 0 bridgehead atoms. The van der Waals surface area contributed by atoms with Gasteiger partial charge in [-0.25, -0.2) is 4.99 Å². The van der Waals surface area contributed by atoms with Gasteiger partial charge in [-0.2, -0.15) is 0 Å². The summed E-state index contributed by atoms with van der Waals surface area (Å²) < 4.78 is 2.20. The Balaban J connectivity index is 1.65. The summed E-state index contributed by atoms with van der Waals surface area (Å²) in [6.07, 6.45) is 1.94. The molecule has 4 nitrogen and oxygen atoms in total. The van der Waals surface area contributed by atoms with Crippen LogP contribution in [0.15, 0.2) is 76.6 Å². The van der Waals surface area contributed by atoms with E-state index in [-0.39, 0.29) is 5.91 Å². The SMILES string of the molecule is Cc1cc(/C=C2/SC(=Nc3ccccc3)NC2=O)c(C)n1-c1ccccc1. The molecule has 0 aliphatic carbocycles. The van der Waals surface area contributed by atoms with Crippen LogP contribution in [0.5, 0.6) is 0 Å². The van der Waals surface area contributed by atoms with E-state index < -0.39 is 0 Å². The van der Waals surface area contributed by atoms with E-state index in [1.165, 1.54) is 11.8 Å². The molecule has 0 unspecified atom stereocenters. The molecular formula is C22H19N3OS. The van der Waals surface area contributed by atoms with Crippen LogP contribution in [0.2, 0.25) is 0 Å². The van der Waals surface area contributed by atoms with Gasteiger partial charge in [0.05, 0.1) is 10.6 Å². The summed E-state index contributed by atoms with van der Waals surface area (Å²) in [6.45, 7) is 4.15. The predicted octanol–water partition coefficient (Wildman–Crippen LogP) is 4.99. The van der Waals surface area contributed by atoms with Gasteiger partial charge in [-0.15, -0.1) is 0 Å². The summed E-state index contributed by atoms with van der Waals surface area (Å²) in [5.74, 6) is -0.112. The van der Waals surface area contributed by atoms with Crippen molar-refractivity contribution in [1.29, 1.82) is 0 Å². The van der Waals surface area contributed by atoms with Crippen molar-refractivity contribution >= 4 is 34.6 Å². The fraction of sp³-hybridized carbons (Fsp3) is 0.0909. The number of carbonyl (C=O) groups excluding carboxylic acids is 1. The fourth-order valence-corrected chi connectivity index (χ4v) is 3.98. The van der Waals surface area contributed by atoms with Gasteiger partial charge >= 0.3 is 0 Å². The molecule has 0 saturated carbocycles. The lowest BCUT2D eigenvalue weighted by Crippen LogP contribution is -2.19. The molecule has 134 valence electrons. The molecule has 3 aromatic rings. The smallest absolute Gasteiger partial charge is 0.264 e. The van der Waals surface area contributed by atoms with E-state index >= 15 is 0 Å². The molecule has 0 atom stereocenters. The zero-order valence-corrected chi connectivity index (χ0v) is 16.0. The van der Waals surface area contributed by atoms with Crippen LogP contribution < -0.4 is 5.32 Å². The summed E-state index contributed by atoms with van der Waals surface area (Å²) in [6, 6.07) is 22.0. The summed E-state index contributed by atoms with van der Waals surface area (Å²) >= 11 is 1.37. The number of thioether (sulfide) groups is 1. The number of amides is 1. The number of amidine groups is 1. The van der Waals surface area contributed by atoms with Crippen molar-refractivity contribution in [2.75, 3.05) is 0 Å². The fourth-order valence-electron chi connectivity index (χ4n) is 3.15. The number of rotatable bonds is 3. The molecule has 1 aliphatic heterocycles. The number of para-hydroxylation sites is 2. The number of nitrogens with zero attached hydrogens (tertiary/aromatic N) is 2. The molecule has 2 aromatic carbocycles. The molecule has 1 N–H and O–H groups in total. The highest BCUT2D eigenvalue weighted by atomic mass is 32.2. The maximum Gasteiger partial charge on any atom is 0.264 e. The maximum atomic E-state index is 12.4. The molecule has 0 radical (unpaired) electrons. The minimum absolute atomic E-state index is 0.112. The van der Waals surface area contributed by atoms with Gasteiger partial charge in [-0.3, -0.25) is 4.79 Å². The Hall–Kier alpha value is -3.05. The number of aromatic nitrogens is 1. The number of hydrogen-bond donors (Lipinski definition) is 1. The van der Waals surface area contributed by atoms with Crippen LogP contribution in [-0.4, -0.2) is 15.6 Å². The van der Waals surface area contributed by atoms with Crippen LogP contribution in [-0.2, 0) is 4.79 Å². The number of aryl methyl sites for hydroxylation is 1. The summed E-state index contributed by atoms with van der Waals surface area (Å²) in [5.41, 5.74) is 5.21. The number of carbonyl (C=O) groups is 1. The Labute approximate surface area is 162 Å². The average Bonchev–Trinajstić information content (AvgIpc) is 3.15. The van der Waals surface area contributed by atoms with Gasteiger partial charge in [-0.05, 0) is 67.6 Å².